The van der Waals surface area contributed by atoms with Crippen molar-refractivity contribution in [2.45, 2.75) is 25.9 Å². The van der Waals surface area contributed by atoms with Crippen LogP contribution < -0.4 is 5.32 Å². The molecule has 1 atom stereocenters. The summed E-state index contributed by atoms with van der Waals surface area (Å²) in [6.45, 7) is 4.85. The van der Waals surface area contributed by atoms with Gasteiger partial charge in [-0.05, 0) is 28.8 Å². The molecule has 1 aliphatic rings. The first kappa shape index (κ1) is 20.0. The lowest BCUT2D eigenvalue weighted by Crippen LogP contribution is -2.62. The van der Waals surface area contributed by atoms with Crippen molar-refractivity contribution in [1.82, 2.24) is 15.2 Å². The molecule has 6 nitrogen and oxygen atoms in total. The second kappa shape index (κ2) is 8.52. The van der Waals surface area contributed by atoms with Crippen molar-refractivity contribution in [3.63, 3.8) is 0 Å². The molecule has 1 aliphatic heterocycles. The molecule has 2 heterocycles. The van der Waals surface area contributed by atoms with Gasteiger partial charge >= 0.3 is 0 Å². The average Bonchev–Trinajstić information content (AvgIpc) is 2.73. The summed E-state index contributed by atoms with van der Waals surface area (Å²) in [5.74, 6) is -0.277. The number of nitrogens with one attached hydrogen (secondary N) is 1. The second-order valence-electron chi connectivity index (χ2n) is 7.45. The number of carbonyl (C=O) groups is 2. The fraction of sp³-hybridized carbons (Fsp3) is 0.409. The smallest absolute Gasteiger partial charge is 0.254 e. The molecule has 0 radical (unpaired) electrons. The summed E-state index contributed by atoms with van der Waals surface area (Å²) < 4.78 is 6.01. The highest BCUT2D eigenvalue weighted by Crippen LogP contribution is 2.27. The van der Waals surface area contributed by atoms with Crippen LogP contribution in [-0.2, 0) is 20.7 Å². The molecule has 1 N–H and O–H groups in total. The third-order valence-electron chi connectivity index (χ3n) is 5.06. The van der Waals surface area contributed by atoms with Gasteiger partial charge < -0.3 is 15.0 Å². The highest BCUT2D eigenvalue weighted by molar-refractivity contribution is 5.87. The Bertz CT molecular complexity index is 838. The first-order chi connectivity index (χ1) is 13.4. The number of benzene rings is 1. The molecule has 1 aromatic carbocycles. The van der Waals surface area contributed by atoms with Crippen LogP contribution in [-0.4, -0.2) is 54.0 Å². The minimum absolute atomic E-state index is 0.0436. The highest BCUT2D eigenvalue weighted by atomic mass is 16.5. The van der Waals surface area contributed by atoms with Crippen LogP contribution in [0, 0.1) is 5.92 Å². The second-order valence-corrected chi connectivity index (χ2v) is 7.45. The zero-order valence-corrected chi connectivity index (χ0v) is 16.6. The van der Waals surface area contributed by atoms with Crippen LogP contribution >= 0.6 is 0 Å². The summed E-state index contributed by atoms with van der Waals surface area (Å²) in [4.78, 5) is 31.1. The number of nitrogens with zero attached hydrogens (tertiary/aromatic N) is 2. The van der Waals surface area contributed by atoms with E-state index >= 15 is 0 Å². The van der Waals surface area contributed by atoms with Crippen molar-refractivity contribution in [3.05, 3.63) is 54.4 Å². The molecule has 1 fully saturated rings. The average molecular weight is 381 g/mol. The van der Waals surface area contributed by atoms with E-state index in [2.05, 4.69) is 16.4 Å². The molecule has 28 heavy (non-hydrogen) atoms. The van der Waals surface area contributed by atoms with Crippen LogP contribution in [0.1, 0.15) is 19.4 Å². The van der Waals surface area contributed by atoms with E-state index in [1.165, 1.54) is 0 Å². The number of amides is 2. The van der Waals surface area contributed by atoms with Gasteiger partial charge in [-0.2, -0.15) is 0 Å². The Balaban J connectivity index is 1.89. The van der Waals surface area contributed by atoms with Crippen LogP contribution in [0.2, 0.25) is 0 Å². The number of aromatic nitrogens is 1. The minimum Gasteiger partial charge on any atom is -0.361 e. The maximum absolute atomic E-state index is 12.8. The molecule has 2 aromatic rings. The zero-order chi connectivity index (χ0) is 20.1. The lowest BCUT2D eigenvalue weighted by Gasteiger charge is -2.42. The van der Waals surface area contributed by atoms with E-state index in [0.29, 0.717) is 19.6 Å². The summed E-state index contributed by atoms with van der Waals surface area (Å²) in [6, 6.07) is 12.0. The fourth-order valence-electron chi connectivity index (χ4n) is 3.62. The van der Waals surface area contributed by atoms with E-state index in [-0.39, 0.29) is 24.3 Å². The predicted molar refractivity (Wildman–Crippen MR) is 108 cm³/mol. The molecule has 2 amide bonds. The van der Waals surface area contributed by atoms with Gasteiger partial charge in [-0.1, -0.05) is 38.1 Å². The third-order valence-corrected chi connectivity index (χ3v) is 5.06. The number of rotatable bonds is 5. The Hall–Kier alpha value is -2.73. The van der Waals surface area contributed by atoms with Gasteiger partial charge in [-0.25, -0.2) is 0 Å². The van der Waals surface area contributed by atoms with Crippen molar-refractivity contribution in [3.8, 4) is 11.1 Å². The zero-order valence-electron chi connectivity index (χ0n) is 16.6. The number of hydrogen-bond donors (Lipinski definition) is 1. The van der Waals surface area contributed by atoms with Crippen LogP contribution in [0.15, 0.2) is 48.8 Å². The summed E-state index contributed by atoms with van der Waals surface area (Å²) >= 11 is 0. The molecular weight excluding hydrogens is 354 g/mol. The number of likely N-dealkylation sites (N-methyl/N-ethyl adjacent to an activating group) is 1. The third kappa shape index (κ3) is 4.22. The number of pyridine rings is 1. The Kier molecular flexibility index (Phi) is 6.09. The molecule has 0 spiro atoms. The van der Waals surface area contributed by atoms with E-state index in [1.807, 2.05) is 44.2 Å². The molecule has 6 heteroatoms. The number of hydrogen-bond acceptors (Lipinski definition) is 4. The molecule has 1 saturated heterocycles. The van der Waals surface area contributed by atoms with Crippen molar-refractivity contribution in [1.29, 1.82) is 0 Å². The molecule has 0 bridgehead atoms. The molecule has 3 rings (SSSR count). The minimum atomic E-state index is -1.09. The summed E-state index contributed by atoms with van der Waals surface area (Å²) in [5, 5.41) is 2.72. The van der Waals surface area contributed by atoms with Gasteiger partial charge in [0.25, 0.3) is 5.91 Å². The summed E-state index contributed by atoms with van der Waals surface area (Å²) in [5.41, 5.74) is 2.01. The van der Waals surface area contributed by atoms with Crippen molar-refractivity contribution < 1.29 is 14.3 Å². The maximum Gasteiger partial charge on any atom is 0.254 e. The monoisotopic (exact) mass is 381 g/mol. The van der Waals surface area contributed by atoms with Gasteiger partial charge in [0, 0.05) is 38.3 Å². The van der Waals surface area contributed by atoms with Gasteiger partial charge in [0.2, 0.25) is 5.91 Å². The number of morpholine rings is 1. The molecule has 1 aromatic heterocycles. The van der Waals surface area contributed by atoms with Gasteiger partial charge in [-0.3, -0.25) is 14.6 Å². The van der Waals surface area contributed by atoms with E-state index in [1.54, 1.807) is 24.3 Å². The molecule has 0 aliphatic carbocycles. The molecule has 0 unspecified atom stereocenters. The Morgan fingerprint density at radius 2 is 1.96 bits per heavy atom. The van der Waals surface area contributed by atoms with Gasteiger partial charge in [0.1, 0.15) is 0 Å². The molecular formula is C22H27N3O3. The number of carbonyl (C=O) groups excluding carboxylic acids is 2. The van der Waals surface area contributed by atoms with Crippen LogP contribution in [0.5, 0.6) is 0 Å². The van der Waals surface area contributed by atoms with E-state index in [9.17, 15) is 9.59 Å². The Morgan fingerprint density at radius 3 is 2.64 bits per heavy atom. The predicted octanol–water partition coefficient (Wildman–Crippen LogP) is 2.29. The lowest BCUT2D eigenvalue weighted by atomic mass is 9.89. The van der Waals surface area contributed by atoms with Gasteiger partial charge in [0.05, 0.1) is 13.2 Å². The largest absolute Gasteiger partial charge is 0.361 e. The van der Waals surface area contributed by atoms with E-state index in [4.69, 9.17) is 4.74 Å². The quantitative estimate of drug-likeness (QED) is 0.863. The van der Waals surface area contributed by atoms with Crippen LogP contribution in [0.3, 0.4) is 0 Å². The molecule has 148 valence electrons. The Morgan fingerprint density at radius 1 is 1.21 bits per heavy atom. The van der Waals surface area contributed by atoms with Crippen molar-refractivity contribution in [2.24, 2.45) is 5.92 Å². The van der Waals surface area contributed by atoms with Crippen LogP contribution in [0.4, 0.5) is 0 Å². The summed E-state index contributed by atoms with van der Waals surface area (Å²) in [7, 11) is 1.60. The lowest BCUT2D eigenvalue weighted by molar-refractivity contribution is -0.167. The van der Waals surface area contributed by atoms with Crippen LogP contribution in [0.25, 0.3) is 11.1 Å². The molecule has 0 saturated carbocycles. The standard InChI is InChI=1S/C22H27N3O3/c1-16(2)20(26)25-11-12-28-22(15-25,21(27)23-3)14-17-5-4-6-19(13-17)18-7-9-24-10-8-18/h4-10,13,16H,11-12,14-15H2,1-3H3,(H,23,27)/t22-/m1/s1. The summed E-state index contributed by atoms with van der Waals surface area (Å²) in [6.07, 6.45) is 3.91. The maximum atomic E-state index is 12.8. The number of ether oxygens (including phenoxy) is 1. The van der Waals surface area contributed by atoms with Crippen molar-refractivity contribution in [2.75, 3.05) is 26.7 Å². The normalized spacial score (nSPS) is 19.5. The van der Waals surface area contributed by atoms with E-state index < -0.39 is 5.60 Å². The highest BCUT2D eigenvalue weighted by Gasteiger charge is 2.44. The SMILES string of the molecule is CNC(=O)[C@@]1(Cc2cccc(-c3ccncc3)c2)CN(C(=O)C(C)C)CCO1. The fourth-order valence-corrected chi connectivity index (χ4v) is 3.62. The first-order valence-corrected chi connectivity index (χ1v) is 9.59. The van der Waals surface area contributed by atoms with Gasteiger partial charge in [0.15, 0.2) is 5.60 Å². The first-order valence-electron chi connectivity index (χ1n) is 9.59. The van der Waals surface area contributed by atoms with E-state index in [0.717, 1.165) is 16.7 Å². The topological polar surface area (TPSA) is 71.5 Å². The Labute approximate surface area is 165 Å². The van der Waals surface area contributed by atoms with Crippen molar-refractivity contribution >= 4 is 11.8 Å². The van der Waals surface area contributed by atoms with Gasteiger partial charge in [-0.15, -0.1) is 0 Å².